The lowest BCUT2D eigenvalue weighted by atomic mass is 10.2. The van der Waals surface area contributed by atoms with Crippen LogP contribution in [0.25, 0.3) is 11.4 Å². The van der Waals surface area contributed by atoms with Crippen molar-refractivity contribution < 1.29 is 4.92 Å². The van der Waals surface area contributed by atoms with Crippen molar-refractivity contribution in [1.82, 2.24) is 15.0 Å². The summed E-state index contributed by atoms with van der Waals surface area (Å²) in [4.78, 5) is 22.8. The van der Waals surface area contributed by atoms with Crippen LogP contribution in [0.1, 0.15) is 5.56 Å². The number of halogens is 1. The Morgan fingerprint density at radius 1 is 1.08 bits per heavy atom. The third-order valence-corrected chi connectivity index (χ3v) is 3.45. The molecule has 0 aliphatic carbocycles. The Bertz CT molecular complexity index is 856. The van der Waals surface area contributed by atoms with Gasteiger partial charge in [-0.2, -0.15) is 0 Å². The Morgan fingerprint density at radius 3 is 2.46 bits per heavy atom. The lowest BCUT2D eigenvalue weighted by molar-refractivity contribution is -0.384. The van der Waals surface area contributed by atoms with Gasteiger partial charge in [-0.05, 0) is 17.7 Å². The molecule has 7 nitrogen and oxygen atoms in total. The molecule has 3 aromatic rings. The molecule has 3 rings (SSSR count). The van der Waals surface area contributed by atoms with E-state index in [1.54, 1.807) is 42.7 Å². The number of non-ortho nitro benzene ring substituents is 1. The van der Waals surface area contributed by atoms with E-state index in [9.17, 15) is 10.1 Å². The quantitative estimate of drug-likeness (QED) is 0.432. The maximum atomic E-state index is 10.7. The minimum absolute atomic E-state index is 0.0591. The molecule has 120 valence electrons. The van der Waals surface area contributed by atoms with Crippen LogP contribution in [0.15, 0.2) is 54.9 Å². The average Bonchev–Trinajstić information content (AvgIpc) is 2.60. The third-order valence-electron chi connectivity index (χ3n) is 3.25. The average molecular weight is 342 g/mol. The minimum Gasteiger partial charge on any atom is -0.366 e. The second-order valence-electron chi connectivity index (χ2n) is 4.91. The van der Waals surface area contributed by atoms with Gasteiger partial charge in [0.25, 0.3) is 5.69 Å². The van der Waals surface area contributed by atoms with Crippen LogP contribution in [0.3, 0.4) is 0 Å². The molecule has 0 atom stereocenters. The number of anilines is 1. The number of benzene rings is 1. The summed E-state index contributed by atoms with van der Waals surface area (Å²) in [6.07, 6.45) is 3.31. The molecule has 1 aromatic carbocycles. The number of hydrogen-bond acceptors (Lipinski definition) is 6. The van der Waals surface area contributed by atoms with Crippen LogP contribution >= 0.6 is 11.6 Å². The van der Waals surface area contributed by atoms with Gasteiger partial charge in [0.05, 0.1) is 4.92 Å². The SMILES string of the molecule is O=[N+]([O-])c1ccc(CNc2cc(Cl)nc(-c3ccncc3)n2)cc1. The highest BCUT2D eigenvalue weighted by atomic mass is 35.5. The van der Waals surface area contributed by atoms with E-state index in [1.165, 1.54) is 12.1 Å². The molecule has 0 aliphatic heterocycles. The van der Waals surface area contributed by atoms with Crippen molar-refractivity contribution in [2.24, 2.45) is 0 Å². The second kappa shape index (κ2) is 7.01. The minimum atomic E-state index is -0.428. The fraction of sp³-hybridized carbons (Fsp3) is 0.0625. The highest BCUT2D eigenvalue weighted by Crippen LogP contribution is 2.20. The van der Waals surface area contributed by atoms with E-state index >= 15 is 0 Å². The van der Waals surface area contributed by atoms with Gasteiger partial charge >= 0.3 is 0 Å². The van der Waals surface area contributed by atoms with Crippen LogP contribution in [-0.4, -0.2) is 19.9 Å². The van der Waals surface area contributed by atoms with E-state index in [0.29, 0.717) is 23.3 Å². The molecule has 0 radical (unpaired) electrons. The topological polar surface area (TPSA) is 93.8 Å². The summed E-state index contributed by atoms with van der Waals surface area (Å²) in [7, 11) is 0. The molecule has 0 aliphatic rings. The predicted molar refractivity (Wildman–Crippen MR) is 90.7 cm³/mol. The summed E-state index contributed by atoms with van der Waals surface area (Å²) >= 11 is 6.06. The van der Waals surface area contributed by atoms with Crippen molar-refractivity contribution in [1.29, 1.82) is 0 Å². The Balaban J connectivity index is 1.75. The first-order valence-corrected chi connectivity index (χ1v) is 7.42. The summed E-state index contributed by atoms with van der Waals surface area (Å²) in [5, 5.41) is 14.1. The zero-order valence-corrected chi connectivity index (χ0v) is 13.1. The molecule has 0 unspecified atom stereocenters. The van der Waals surface area contributed by atoms with Crippen molar-refractivity contribution in [3.05, 3.63) is 75.7 Å². The van der Waals surface area contributed by atoms with E-state index in [4.69, 9.17) is 11.6 Å². The van der Waals surface area contributed by atoms with Gasteiger partial charge in [-0.15, -0.1) is 0 Å². The first-order valence-electron chi connectivity index (χ1n) is 7.04. The molecule has 2 heterocycles. The number of nitro groups is 1. The van der Waals surface area contributed by atoms with Crippen LogP contribution in [0.4, 0.5) is 11.5 Å². The van der Waals surface area contributed by atoms with Crippen molar-refractivity contribution in [2.45, 2.75) is 6.54 Å². The van der Waals surface area contributed by atoms with Gasteiger partial charge in [0, 0.05) is 42.7 Å². The number of pyridine rings is 1. The molecule has 1 N–H and O–H groups in total. The van der Waals surface area contributed by atoms with E-state index in [2.05, 4.69) is 20.3 Å². The van der Waals surface area contributed by atoms with Crippen LogP contribution < -0.4 is 5.32 Å². The fourth-order valence-electron chi connectivity index (χ4n) is 2.07. The number of aromatic nitrogens is 3. The van der Waals surface area contributed by atoms with Crippen LogP contribution in [-0.2, 0) is 6.54 Å². The highest BCUT2D eigenvalue weighted by Gasteiger charge is 2.07. The predicted octanol–water partition coefficient (Wildman–Crippen LogP) is 3.71. The molecular formula is C16H12ClN5O2. The molecule has 0 fully saturated rings. The molecule has 24 heavy (non-hydrogen) atoms. The number of hydrogen-bond donors (Lipinski definition) is 1. The lowest BCUT2D eigenvalue weighted by Crippen LogP contribution is -2.03. The van der Waals surface area contributed by atoms with Crippen LogP contribution in [0.2, 0.25) is 5.15 Å². The smallest absolute Gasteiger partial charge is 0.269 e. The standard InChI is InChI=1S/C16H12ClN5O2/c17-14-9-15(21-16(20-14)12-5-7-18-8-6-12)19-10-11-1-3-13(4-2-11)22(23)24/h1-9H,10H2,(H,19,20,21). The Hall–Kier alpha value is -3.06. The zero-order chi connectivity index (χ0) is 16.9. The normalized spacial score (nSPS) is 10.4. The van der Waals surface area contributed by atoms with Crippen LogP contribution in [0, 0.1) is 10.1 Å². The summed E-state index contributed by atoms with van der Waals surface area (Å²) < 4.78 is 0. The molecule has 0 bridgehead atoms. The van der Waals surface area contributed by atoms with Gasteiger partial charge in [0.15, 0.2) is 5.82 Å². The van der Waals surface area contributed by atoms with E-state index < -0.39 is 4.92 Å². The summed E-state index contributed by atoms with van der Waals surface area (Å²) in [5.41, 5.74) is 1.76. The van der Waals surface area contributed by atoms with Gasteiger partial charge in [0.2, 0.25) is 0 Å². The Morgan fingerprint density at radius 2 is 1.79 bits per heavy atom. The van der Waals surface area contributed by atoms with Crippen molar-refractivity contribution >= 4 is 23.1 Å². The summed E-state index contributed by atoms with van der Waals surface area (Å²) in [6, 6.07) is 11.5. The van der Waals surface area contributed by atoms with E-state index in [0.717, 1.165) is 11.1 Å². The lowest BCUT2D eigenvalue weighted by Gasteiger charge is -2.08. The molecular weight excluding hydrogens is 330 g/mol. The largest absolute Gasteiger partial charge is 0.366 e. The van der Waals surface area contributed by atoms with Gasteiger partial charge < -0.3 is 5.32 Å². The Labute approximate surface area is 142 Å². The maximum Gasteiger partial charge on any atom is 0.269 e. The van der Waals surface area contributed by atoms with Gasteiger partial charge in [-0.25, -0.2) is 9.97 Å². The fourth-order valence-corrected chi connectivity index (χ4v) is 2.25. The molecule has 8 heteroatoms. The molecule has 0 saturated carbocycles. The molecule has 0 spiro atoms. The van der Waals surface area contributed by atoms with E-state index in [-0.39, 0.29) is 5.69 Å². The van der Waals surface area contributed by atoms with Gasteiger partial charge in [0.1, 0.15) is 11.0 Å². The second-order valence-corrected chi connectivity index (χ2v) is 5.30. The maximum absolute atomic E-state index is 10.7. The van der Waals surface area contributed by atoms with Crippen molar-refractivity contribution in [3.63, 3.8) is 0 Å². The third kappa shape index (κ3) is 3.82. The monoisotopic (exact) mass is 341 g/mol. The van der Waals surface area contributed by atoms with Gasteiger partial charge in [-0.3, -0.25) is 15.1 Å². The summed E-state index contributed by atoms with van der Waals surface area (Å²) in [5.74, 6) is 1.07. The number of rotatable bonds is 5. The van der Waals surface area contributed by atoms with Gasteiger partial charge in [-0.1, -0.05) is 23.7 Å². The van der Waals surface area contributed by atoms with Crippen molar-refractivity contribution in [3.8, 4) is 11.4 Å². The molecule has 0 amide bonds. The first kappa shape index (κ1) is 15.8. The van der Waals surface area contributed by atoms with Crippen LogP contribution in [0.5, 0.6) is 0 Å². The molecule has 0 saturated heterocycles. The Kier molecular flexibility index (Phi) is 4.62. The van der Waals surface area contributed by atoms with Crippen molar-refractivity contribution in [2.75, 3.05) is 5.32 Å². The zero-order valence-electron chi connectivity index (χ0n) is 12.4. The highest BCUT2D eigenvalue weighted by molar-refractivity contribution is 6.29. The molecule has 2 aromatic heterocycles. The first-order chi connectivity index (χ1) is 11.6. The number of nitrogens with zero attached hydrogens (tertiary/aromatic N) is 4. The summed E-state index contributed by atoms with van der Waals surface area (Å²) in [6.45, 7) is 0.459. The van der Waals surface area contributed by atoms with E-state index in [1.807, 2.05) is 0 Å². The number of nitrogens with one attached hydrogen (secondary N) is 1. The number of nitro benzene ring substituents is 1.